The number of nitro benzene ring substituents is 1. The molecule has 0 spiro atoms. The summed E-state index contributed by atoms with van der Waals surface area (Å²) < 4.78 is 28.4. The number of phenols is 1. The largest absolute Gasteiger partial charge is 0.508 e. The van der Waals surface area contributed by atoms with E-state index in [-0.39, 0.29) is 29.3 Å². The fourth-order valence-electron chi connectivity index (χ4n) is 3.87. The zero-order valence-electron chi connectivity index (χ0n) is 18.7. The molecule has 12 heteroatoms. The number of aromatic amines is 1. The van der Waals surface area contributed by atoms with E-state index in [1.54, 1.807) is 29.9 Å². The van der Waals surface area contributed by atoms with Gasteiger partial charge in [-0.2, -0.15) is 4.31 Å². The number of amides is 1. The molecule has 0 aliphatic rings. The highest BCUT2D eigenvalue weighted by Crippen LogP contribution is 2.26. The minimum atomic E-state index is -4.32. The van der Waals surface area contributed by atoms with Gasteiger partial charge in [0.1, 0.15) is 11.8 Å². The van der Waals surface area contributed by atoms with Crippen LogP contribution in [0.15, 0.2) is 83.9 Å². The number of hydroxylamine groups is 1. The van der Waals surface area contributed by atoms with Gasteiger partial charge in [-0.05, 0) is 65.4 Å². The Morgan fingerprint density at radius 3 is 2.33 bits per heavy atom. The minimum absolute atomic E-state index is 0.131. The lowest BCUT2D eigenvalue weighted by Gasteiger charge is -2.30. The molecule has 0 saturated carbocycles. The van der Waals surface area contributed by atoms with Crippen LogP contribution in [0.4, 0.5) is 5.69 Å². The summed E-state index contributed by atoms with van der Waals surface area (Å²) in [6.07, 6.45) is 1.57. The van der Waals surface area contributed by atoms with Crippen molar-refractivity contribution in [2.75, 3.05) is 0 Å². The number of nitro groups is 1. The Morgan fingerprint density at radius 2 is 1.69 bits per heavy atom. The second-order valence-corrected chi connectivity index (χ2v) is 9.95. The third kappa shape index (κ3) is 5.20. The normalized spacial score (nSPS) is 12.5. The van der Waals surface area contributed by atoms with Gasteiger partial charge in [0, 0.05) is 30.4 Å². The van der Waals surface area contributed by atoms with Crippen molar-refractivity contribution in [3.63, 3.8) is 0 Å². The molecular weight excluding hydrogens is 488 g/mol. The number of carbonyl (C=O) groups excluding carboxylic acids is 1. The molecule has 4 rings (SSSR count). The molecule has 4 aromatic rings. The van der Waals surface area contributed by atoms with E-state index in [2.05, 4.69) is 4.98 Å². The van der Waals surface area contributed by atoms with Gasteiger partial charge in [0.2, 0.25) is 10.0 Å². The van der Waals surface area contributed by atoms with Crippen molar-refractivity contribution in [2.45, 2.75) is 23.9 Å². The molecule has 1 atom stereocenters. The molecular formula is C24H22N4O7S. The standard InChI is InChI=1S/C24H22N4O7S/c29-20-6-8-21(9-7-20)36(34,35)27(15-17-3-10-22-18(13-17)11-12-25-22)23(24(30)26-31)14-16-1-4-19(5-2-16)28(32)33/h1-13,23,25,29,31H,14-15H2,(H,26,30)/t23-/m1/s1. The van der Waals surface area contributed by atoms with Crippen LogP contribution in [0.5, 0.6) is 5.75 Å². The van der Waals surface area contributed by atoms with Crippen LogP contribution in [0, 0.1) is 10.1 Å². The summed E-state index contributed by atoms with van der Waals surface area (Å²) >= 11 is 0. The average Bonchev–Trinajstić information content (AvgIpc) is 3.34. The van der Waals surface area contributed by atoms with Gasteiger partial charge >= 0.3 is 0 Å². The SMILES string of the molecule is O=C(NO)[C@@H](Cc1ccc([N+](=O)[O-])cc1)N(Cc1ccc2[nH]ccc2c1)S(=O)(=O)c1ccc(O)cc1. The number of non-ortho nitro benzene ring substituents is 1. The van der Waals surface area contributed by atoms with Gasteiger partial charge in [-0.1, -0.05) is 18.2 Å². The van der Waals surface area contributed by atoms with Gasteiger partial charge in [-0.3, -0.25) is 20.1 Å². The molecule has 3 aromatic carbocycles. The molecule has 1 amide bonds. The predicted octanol–water partition coefficient (Wildman–Crippen LogP) is 3.09. The van der Waals surface area contributed by atoms with E-state index in [4.69, 9.17) is 0 Å². The number of benzene rings is 3. The number of nitrogens with zero attached hydrogens (tertiary/aromatic N) is 2. The second kappa shape index (κ2) is 10.2. The molecule has 11 nitrogen and oxygen atoms in total. The van der Waals surface area contributed by atoms with Crippen molar-refractivity contribution in [3.05, 3.63) is 100 Å². The van der Waals surface area contributed by atoms with Crippen LogP contribution in [-0.4, -0.2) is 44.9 Å². The highest BCUT2D eigenvalue weighted by Gasteiger charge is 2.36. The van der Waals surface area contributed by atoms with E-state index in [1.807, 2.05) is 6.07 Å². The van der Waals surface area contributed by atoms with E-state index in [0.717, 1.165) is 15.2 Å². The Bertz CT molecular complexity index is 1500. The Hall–Kier alpha value is -4.26. The number of aromatic nitrogens is 1. The lowest BCUT2D eigenvalue weighted by molar-refractivity contribution is -0.384. The van der Waals surface area contributed by atoms with Crippen LogP contribution in [0.1, 0.15) is 11.1 Å². The van der Waals surface area contributed by atoms with Crippen molar-refractivity contribution in [1.29, 1.82) is 0 Å². The maximum Gasteiger partial charge on any atom is 0.269 e. The van der Waals surface area contributed by atoms with Gasteiger partial charge in [-0.15, -0.1) is 0 Å². The van der Waals surface area contributed by atoms with E-state index in [9.17, 15) is 33.6 Å². The number of carbonyl (C=O) groups is 1. The number of nitrogens with one attached hydrogen (secondary N) is 2. The van der Waals surface area contributed by atoms with Crippen molar-refractivity contribution >= 4 is 32.5 Å². The average molecular weight is 511 g/mol. The van der Waals surface area contributed by atoms with Crippen LogP contribution in [-0.2, 0) is 27.8 Å². The van der Waals surface area contributed by atoms with Gasteiger partial charge in [0.05, 0.1) is 9.82 Å². The van der Waals surface area contributed by atoms with Crippen molar-refractivity contribution in [2.24, 2.45) is 0 Å². The molecule has 0 saturated heterocycles. The predicted molar refractivity (Wildman–Crippen MR) is 130 cm³/mol. The minimum Gasteiger partial charge on any atom is -0.508 e. The lowest BCUT2D eigenvalue weighted by atomic mass is 10.0. The van der Waals surface area contributed by atoms with Crippen LogP contribution in [0.3, 0.4) is 0 Å². The Kier molecular flexibility index (Phi) is 7.01. The van der Waals surface area contributed by atoms with Crippen LogP contribution in [0.2, 0.25) is 0 Å². The maximum atomic E-state index is 13.7. The fraction of sp³-hybridized carbons (Fsp3) is 0.125. The monoisotopic (exact) mass is 510 g/mol. The summed E-state index contributed by atoms with van der Waals surface area (Å²) in [6, 6.07) is 15.9. The highest BCUT2D eigenvalue weighted by molar-refractivity contribution is 7.89. The van der Waals surface area contributed by atoms with Gasteiger partial charge in [0.15, 0.2) is 0 Å². The smallest absolute Gasteiger partial charge is 0.269 e. The number of H-pyrrole nitrogens is 1. The summed E-state index contributed by atoms with van der Waals surface area (Å²) in [6.45, 7) is -0.213. The summed E-state index contributed by atoms with van der Waals surface area (Å²) in [7, 11) is -4.32. The molecule has 0 bridgehead atoms. The van der Waals surface area contributed by atoms with Gasteiger partial charge in [0.25, 0.3) is 11.6 Å². The van der Waals surface area contributed by atoms with Crippen LogP contribution >= 0.6 is 0 Å². The third-order valence-electron chi connectivity index (χ3n) is 5.74. The molecule has 1 heterocycles. The number of phenolic OH excluding ortho intramolecular Hbond substituents is 1. The quantitative estimate of drug-likeness (QED) is 0.152. The second-order valence-electron chi connectivity index (χ2n) is 8.06. The van der Waals surface area contributed by atoms with Crippen LogP contribution < -0.4 is 5.48 Å². The Morgan fingerprint density at radius 1 is 1.03 bits per heavy atom. The molecule has 186 valence electrons. The molecule has 0 aliphatic carbocycles. The summed E-state index contributed by atoms with van der Waals surface area (Å²) in [5.41, 5.74) is 3.27. The first-order valence-corrected chi connectivity index (χ1v) is 12.2. The molecule has 1 aromatic heterocycles. The zero-order chi connectivity index (χ0) is 25.9. The molecule has 36 heavy (non-hydrogen) atoms. The van der Waals surface area contributed by atoms with E-state index >= 15 is 0 Å². The Balaban J connectivity index is 1.78. The van der Waals surface area contributed by atoms with Crippen LogP contribution in [0.25, 0.3) is 10.9 Å². The first-order valence-electron chi connectivity index (χ1n) is 10.7. The Labute approximate surface area is 205 Å². The van der Waals surface area contributed by atoms with E-state index in [0.29, 0.717) is 11.1 Å². The maximum absolute atomic E-state index is 13.7. The fourth-order valence-corrected chi connectivity index (χ4v) is 5.45. The summed E-state index contributed by atoms with van der Waals surface area (Å²) in [5.74, 6) is -1.10. The number of rotatable bonds is 9. The van der Waals surface area contributed by atoms with E-state index < -0.39 is 26.9 Å². The summed E-state index contributed by atoms with van der Waals surface area (Å²) in [4.78, 5) is 26.1. The molecule has 0 fully saturated rings. The molecule has 4 N–H and O–H groups in total. The van der Waals surface area contributed by atoms with Crippen molar-refractivity contribution < 1.29 is 28.4 Å². The first-order chi connectivity index (χ1) is 17.2. The highest BCUT2D eigenvalue weighted by atomic mass is 32.2. The number of sulfonamides is 1. The lowest BCUT2D eigenvalue weighted by Crippen LogP contribution is -2.49. The first kappa shape index (κ1) is 24.9. The number of hydrogen-bond donors (Lipinski definition) is 4. The van der Waals surface area contributed by atoms with E-state index in [1.165, 1.54) is 48.5 Å². The molecule has 0 radical (unpaired) electrons. The molecule has 0 aliphatic heterocycles. The van der Waals surface area contributed by atoms with Crippen molar-refractivity contribution in [1.82, 2.24) is 14.8 Å². The zero-order valence-corrected chi connectivity index (χ0v) is 19.6. The topological polar surface area (TPSA) is 166 Å². The number of fused-ring (bicyclic) bond motifs is 1. The number of hydrogen-bond acceptors (Lipinski definition) is 7. The van der Waals surface area contributed by atoms with Crippen molar-refractivity contribution in [3.8, 4) is 5.75 Å². The summed E-state index contributed by atoms with van der Waals surface area (Å²) in [5, 5.41) is 30.9. The number of aromatic hydroxyl groups is 1. The third-order valence-corrected chi connectivity index (χ3v) is 7.61. The molecule has 0 unspecified atom stereocenters. The van der Waals surface area contributed by atoms with Gasteiger partial charge in [-0.25, -0.2) is 13.9 Å². The van der Waals surface area contributed by atoms with Gasteiger partial charge < -0.3 is 10.1 Å².